The summed E-state index contributed by atoms with van der Waals surface area (Å²) in [6, 6.07) is 2.10. The maximum absolute atomic E-state index is 12.7. The van der Waals surface area contributed by atoms with Crippen molar-refractivity contribution in [2.45, 2.75) is 43.8 Å². The van der Waals surface area contributed by atoms with Crippen molar-refractivity contribution >= 4 is 10.0 Å². The van der Waals surface area contributed by atoms with E-state index in [1.54, 1.807) is 21.3 Å². The van der Waals surface area contributed by atoms with Crippen LogP contribution in [-0.2, 0) is 10.0 Å². The molecule has 0 N–H and O–H groups in total. The summed E-state index contributed by atoms with van der Waals surface area (Å²) in [5.41, 5.74) is 0. The number of hydrogen-bond acceptors (Lipinski definition) is 4. The Balaban J connectivity index is 2.18. The monoisotopic (exact) mass is 300 g/mol. The normalized spacial score (nSPS) is 19.1. The molecular formula is C13H24N4O2S. The van der Waals surface area contributed by atoms with Gasteiger partial charge in [-0.2, -0.15) is 9.40 Å². The van der Waals surface area contributed by atoms with Gasteiger partial charge in [-0.25, -0.2) is 8.42 Å². The van der Waals surface area contributed by atoms with Gasteiger partial charge in [0.2, 0.25) is 0 Å². The van der Waals surface area contributed by atoms with Gasteiger partial charge in [-0.1, -0.05) is 0 Å². The van der Waals surface area contributed by atoms with Gasteiger partial charge in [0.05, 0.1) is 6.20 Å². The maximum Gasteiger partial charge on any atom is 0.260 e. The molecule has 1 aromatic heterocycles. The minimum Gasteiger partial charge on any atom is -0.306 e. The van der Waals surface area contributed by atoms with Gasteiger partial charge in [0, 0.05) is 25.2 Å². The van der Waals surface area contributed by atoms with Crippen LogP contribution in [-0.4, -0.2) is 60.6 Å². The molecule has 0 aromatic carbocycles. The number of aromatic nitrogens is 2. The molecule has 6 nitrogen and oxygen atoms in total. The molecule has 2 heterocycles. The largest absolute Gasteiger partial charge is 0.306 e. The van der Waals surface area contributed by atoms with Gasteiger partial charge in [0.1, 0.15) is 0 Å². The average Bonchev–Trinajstić information content (AvgIpc) is 2.89. The lowest BCUT2D eigenvalue weighted by Gasteiger charge is -2.34. The molecule has 7 heteroatoms. The first-order valence-corrected chi connectivity index (χ1v) is 8.48. The lowest BCUT2D eigenvalue weighted by molar-refractivity contribution is 0.196. The Morgan fingerprint density at radius 3 is 2.40 bits per heavy atom. The van der Waals surface area contributed by atoms with Crippen LogP contribution in [0.3, 0.4) is 0 Å². The van der Waals surface area contributed by atoms with Crippen LogP contribution in [0.4, 0.5) is 0 Å². The molecule has 0 aliphatic carbocycles. The van der Waals surface area contributed by atoms with Crippen LogP contribution in [0.25, 0.3) is 0 Å². The summed E-state index contributed by atoms with van der Waals surface area (Å²) in [6.45, 7) is 5.03. The molecule has 0 atom stereocenters. The Labute approximate surface area is 121 Å². The fraction of sp³-hybridized carbons (Fsp3) is 0.769. The van der Waals surface area contributed by atoms with Crippen molar-refractivity contribution in [3.05, 3.63) is 12.3 Å². The molecule has 0 amide bonds. The second-order valence-electron chi connectivity index (χ2n) is 5.81. The number of rotatable bonds is 4. The van der Waals surface area contributed by atoms with E-state index in [4.69, 9.17) is 0 Å². The first-order valence-electron chi connectivity index (χ1n) is 7.04. The van der Waals surface area contributed by atoms with Crippen LogP contribution in [0.1, 0.15) is 32.7 Å². The van der Waals surface area contributed by atoms with Crippen molar-refractivity contribution in [1.82, 2.24) is 19.0 Å². The average molecular weight is 300 g/mol. The molecule has 2 rings (SSSR count). The molecule has 1 fully saturated rings. The number of sulfonamides is 1. The third-order valence-corrected chi connectivity index (χ3v) is 5.78. The van der Waals surface area contributed by atoms with Gasteiger partial charge < -0.3 is 4.90 Å². The zero-order valence-corrected chi connectivity index (χ0v) is 13.5. The van der Waals surface area contributed by atoms with Crippen molar-refractivity contribution in [2.24, 2.45) is 0 Å². The van der Waals surface area contributed by atoms with Gasteiger partial charge in [-0.15, -0.1) is 0 Å². The molecule has 1 aliphatic rings. The number of nitrogens with zero attached hydrogens (tertiary/aromatic N) is 4. The van der Waals surface area contributed by atoms with Crippen LogP contribution < -0.4 is 0 Å². The van der Waals surface area contributed by atoms with Gasteiger partial charge >= 0.3 is 0 Å². The second-order valence-corrected chi connectivity index (χ2v) is 7.69. The first-order chi connectivity index (χ1) is 9.34. The Kier molecular flexibility index (Phi) is 4.51. The molecule has 0 spiro atoms. The Hall–Kier alpha value is -0.920. The smallest absolute Gasteiger partial charge is 0.260 e. The number of piperidine rings is 1. The molecule has 0 saturated carbocycles. The molecular weight excluding hydrogens is 276 g/mol. The van der Waals surface area contributed by atoms with E-state index in [-0.39, 0.29) is 6.04 Å². The lowest BCUT2D eigenvalue weighted by Crippen LogP contribution is -2.44. The quantitative estimate of drug-likeness (QED) is 0.838. The highest BCUT2D eigenvalue weighted by atomic mass is 32.2. The first kappa shape index (κ1) is 15.5. The third-order valence-electron chi connectivity index (χ3n) is 3.88. The summed E-state index contributed by atoms with van der Waals surface area (Å²) in [5, 5.41) is 4.42. The molecule has 1 saturated heterocycles. The van der Waals surface area contributed by atoms with E-state index in [1.807, 2.05) is 27.9 Å². The molecule has 0 unspecified atom stereocenters. The molecule has 114 valence electrons. The summed E-state index contributed by atoms with van der Waals surface area (Å²) in [7, 11) is 0.660. The van der Waals surface area contributed by atoms with Crippen molar-refractivity contribution in [1.29, 1.82) is 0 Å². The molecule has 20 heavy (non-hydrogen) atoms. The third kappa shape index (κ3) is 2.89. The van der Waals surface area contributed by atoms with Crippen molar-refractivity contribution < 1.29 is 8.42 Å². The Morgan fingerprint density at radius 1 is 1.30 bits per heavy atom. The zero-order chi connectivity index (χ0) is 14.9. The van der Waals surface area contributed by atoms with Gasteiger partial charge in [0.15, 0.2) is 5.03 Å². The van der Waals surface area contributed by atoms with Crippen molar-refractivity contribution in [3.63, 3.8) is 0 Å². The Morgan fingerprint density at radius 2 is 1.90 bits per heavy atom. The van der Waals surface area contributed by atoms with E-state index < -0.39 is 10.0 Å². The topological polar surface area (TPSA) is 58.4 Å². The van der Waals surface area contributed by atoms with E-state index in [2.05, 4.69) is 10.00 Å². The second kappa shape index (κ2) is 5.83. The molecule has 0 radical (unpaired) electrons. The SMILES string of the molecule is CC(C)n1nccc1S(=O)(=O)N1CCC(N(C)C)CC1. The van der Waals surface area contributed by atoms with Crippen LogP contribution in [0.15, 0.2) is 17.3 Å². The molecule has 1 aliphatic heterocycles. The number of hydrogen-bond donors (Lipinski definition) is 0. The highest BCUT2D eigenvalue weighted by Crippen LogP contribution is 2.23. The highest BCUT2D eigenvalue weighted by Gasteiger charge is 2.32. The van der Waals surface area contributed by atoms with Gasteiger partial charge in [0.25, 0.3) is 10.0 Å². The van der Waals surface area contributed by atoms with E-state index in [9.17, 15) is 8.42 Å². The summed E-state index contributed by atoms with van der Waals surface area (Å²) >= 11 is 0. The summed E-state index contributed by atoms with van der Waals surface area (Å²) in [5.74, 6) is 0. The van der Waals surface area contributed by atoms with E-state index in [0.29, 0.717) is 24.2 Å². The molecule has 1 aromatic rings. The Bertz CT molecular complexity index is 542. The van der Waals surface area contributed by atoms with Crippen LogP contribution in [0.2, 0.25) is 0 Å². The van der Waals surface area contributed by atoms with Crippen LogP contribution in [0.5, 0.6) is 0 Å². The van der Waals surface area contributed by atoms with Crippen molar-refractivity contribution in [2.75, 3.05) is 27.2 Å². The standard InChI is InChI=1S/C13H24N4O2S/c1-11(2)17-13(5-8-14-17)20(18,19)16-9-6-12(7-10-16)15(3)4/h5,8,11-12H,6-7,9-10H2,1-4H3. The zero-order valence-electron chi connectivity index (χ0n) is 12.7. The van der Waals surface area contributed by atoms with Crippen LogP contribution >= 0.6 is 0 Å². The van der Waals surface area contributed by atoms with E-state index in [0.717, 1.165) is 12.8 Å². The summed E-state index contributed by atoms with van der Waals surface area (Å²) in [6.07, 6.45) is 3.31. The fourth-order valence-corrected chi connectivity index (χ4v) is 4.31. The lowest BCUT2D eigenvalue weighted by atomic mass is 10.1. The minimum absolute atomic E-state index is 0.0362. The van der Waals surface area contributed by atoms with Gasteiger partial charge in [-0.3, -0.25) is 4.68 Å². The maximum atomic E-state index is 12.7. The summed E-state index contributed by atoms with van der Waals surface area (Å²) < 4.78 is 28.6. The predicted molar refractivity (Wildman–Crippen MR) is 78.1 cm³/mol. The molecule has 0 bridgehead atoms. The highest BCUT2D eigenvalue weighted by molar-refractivity contribution is 7.89. The van der Waals surface area contributed by atoms with E-state index in [1.165, 1.54) is 0 Å². The minimum atomic E-state index is -3.43. The van der Waals surface area contributed by atoms with E-state index >= 15 is 0 Å². The fourth-order valence-electron chi connectivity index (χ4n) is 2.63. The van der Waals surface area contributed by atoms with Crippen LogP contribution in [0, 0.1) is 0 Å². The summed E-state index contributed by atoms with van der Waals surface area (Å²) in [4.78, 5) is 2.17. The van der Waals surface area contributed by atoms with Gasteiger partial charge in [-0.05, 0) is 46.9 Å². The van der Waals surface area contributed by atoms with Crippen molar-refractivity contribution in [3.8, 4) is 0 Å². The predicted octanol–water partition coefficient (Wildman–Crippen LogP) is 1.18.